The minimum absolute atomic E-state index is 0.256. The topological polar surface area (TPSA) is 29.3 Å². The van der Waals surface area contributed by atoms with E-state index in [0.717, 1.165) is 5.92 Å². The van der Waals surface area contributed by atoms with Gasteiger partial charge in [0.05, 0.1) is 0 Å². The van der Waals surface area contributed by atoms with Crippen LogP contribution in [0.15, 0.2) is 24.3 Å². The molecule has 3 rings (SSSR count). The Kier molecular flexibility index (Phi) is 3.79. The van der Waals surface area contributed by atoms with Crippen molar-refractivity contribution in [2.45, 2.75) is 57.5 Å². The molecule has 0 spiro atoms. The van der Waals surface area contributed by atoms with Crippen molar-refractivity contribution in [1.29, 1.82) is 0 Å². The zero-order chi connectivity index (χ0) is 13.2. The largest absolute Gasteiger partial charge is 0.367 e. The highest BCUT2D eigenvalue weighted by Gasteiger charge is 2.30. The SMILES string of the molecule is C[C@@H](N)[C@H](CC1CCC1)N1CCCc2ccccc21. The minimum Gasteiger partial charge on any atom is -0.367 e. The lowest BCUT2D eigenvalue weighted by molar-refractivity contribution is 0.259. The van der Waals surface area contributed by atoms with E-state index in [-0.39, 0.29) is 6.04 Å². The summed E-state index contributed by atoms with van der Waals surface area (Å²) in [4.78, 5) is 2.60. The standard InChI is InChI=1S/C17H26N2/c1-13(18)17(12-14-6-4-7-14)19-11-5-9-15-8-2-3-10-16(15)19/h2-3,8,10,13-14,17H,4-7,9,11-12,18H2,1H3/t13-,17+/m1/s1. The van der Waals surface area contributed by atoms with Crippen molar-refractivity contribution >= 4 is 5.69 Å². The van der Waals surface area contributed by atoms with Crippen LogP contribution in [0.4, 0.5) is 5.69 Å². The monoisotopic (exact) mass is 258 g/mol. The molecule has 19 heavy (non-hydrogen) atoms. The predicted octanol–water partition coefficient (Wildman–Crippen LogP) is 3.35. The Hall–Kier alpha value is -1.02. The molecule has 2 aliphatic rings. The maximum Gasteiger partial charge on any atom is 0.0441 e. The molecule has 0 saturated heterocycles. The van der Waals surface area contributed by atoms with E-state index in [9.17, 15) is 0 Å². The first kappa shape index (κ1) is 13.0. The molecule has 104 valence electrons. The molecule has 0 unspecified atom stereocenters. The second-order valence-electron chi connectivity index (χ2n) is 6.38. The predicted molar refractivity (Wildman–Crippen MR) is 81.5 cm³/mol. The summed E-state index contributed by atoms with van der Waals surface area (Å²) >= 11 is 0. The van der Waals surface area contributed by atoms with E-state index < -0.39 is 0 Å². The molecule has 1 heterocycles. The number of nitrogens with zero attached hydrogens (tertiary/aromatic N) is 1. The molecule has 0 bridgehead atoms. The van der Waals surface area contributed by atoms with E-state index in [1.54, 1.807) is 0 Å². The molecule has 2 N–H and O–H groups in total. The Morgan fingerprint density at radius 3 is 2.74 bits per heavy atom. The molecule has 1 fully saturated rings. The average Bonchev–Trinajstić information content (AvgIpc) is 2.37. The average molecular weight is 258 g/mol. The first-order chi connectivity index (χ1) is 9.25. The van der Waals surface area contributed by atoms with Crippen LogP contribution in [0.2, 0.25) is 0 Å². The number of rotatable bonds is 4. The third-order valence-electron chi connectivity index (χ3n) is 4.95. The van der Waals surface area contributed by atoms with Crippen molar-refractivity contribution < 1.29 is 0 Å². The van der Waals surface area contributed by atoms with Gasteiger partial charge in [0, 0.05) is 24.3 Å². The van der Waals surface area contributed by atoms with Gasteiger partial charge in [0.15, 0.2) is 0 Å². The number of benzene rings is 1. The normalized spacial score (nSPS) is 22.5. The Bertz CT molecular complexity index is 423. The molecule has 2 heteroatoms. The first-order valence-electron chi connectivity index (χ1n) is 7.86. The molecule has 2 atom stereocenters. The van der Waals surface area contributed by atoms with Crippen molar-refractivity contribution in [2.24, 2.45) is 11.7 Å². The van der Waals surface area contributed by atoms with Crippen molar-refractivity contribution in [1.82, 2.24) is 0 Å². The maximum atomic E-state index is 6.31. The first-order valence-corrected chi connectivity index (χ1v) is 7.86. The quantitative estimate of drug-likeness (QED) is 0.897. The van der Waals surface area contributed by atoms with Crippen molar-refractivity contribution in [3.63, 3.8) is 0 Å². The van der Waals surface area contributed by atoms with Gasteiger partial charge in [0.1, 0.15) is 0 Å². The highest BCUT2D eigenvalue weighted by atomic mass is 15.2. The Morgan fingerprint density at radius 2 is 2.05 bits per heavy atom. The molecule has 1 aromatic carbocycles. The summed E-state index contributed by atoms with van der Waals surface area (Å²) in [6.07, 6.45) is 8.03. The van der Waals surface area contributed by atoms with Crippen LogP contribution in [-0.2, 0) is 6.42 Å². The molecular weight excluding hydrogens is 232 g/mol. The molecule has 1 aromatic rings. The van der Waals surface area contributed by atoms with E-state index in [1.807, 2.05) is 0 Å². The lowest BCUT2D eigenvalue weighted by atomic mass is 9.79. The van der Waals surface area contributed by atoms with Crippen LogP contribution < -0.4 is 10.6 Å². The maximum absolute atomic E-state index is 6.31. The van der Waals surface area contributed by atoms with Crippen LogP contribution in [-0.4, -0.2) is 18.6 Å². The summed E-state index contributed by atoms with van der Waals surface area (Å²) in [7, 11) is 0. The molecule has 2 nitrogen and oxygen atoms in total. The minimum atomic E-state index is 0.256. The van der Waals surface area contributed by atoms with E-state index in [0.29, 0.717) is 6.04 Å². The van der Waals surface area contributed by atoms with Gasteiger partial charge in [-0.2, -0.15) is 0 Å². The second-order valence-corrected chi connectivity index (χ2v) is 6.38. The van der Waals surface area contributed by atoms with Crippen LogP contribution in [0.5, 0.6) is 0 Å². The highest BCUT2D eigenvalue weighted by Crippen LogP contribution is 2.36. The van der Waals surface area contributed by atoms with Gasteiger partial charge in [0.2, 0.25) is 0 Å². The summed E-state index contributed by atoms with van der Waals surface area (Å²) in [5.41, 5.74) is 9.26. The van der Waals surface area contributed by atoms with Crippen LogP contribution in [0, 0.1) is 5.92 Å². The number of fused-ring (bicyclic) bond motifs is 1. The number of hydrogen-bond acceptors (Lipinski definition) is 2. The van der Waals surface area contributed by atoms with Gasteiger partial charge in [-0.25, -0.2) is 0 Å². The smallest absolute Gasteiger partial charge is 0.0441 e. The molecule has 0 aromatic heterocycles. The molecule has 1 aliphatic carbocycles. The van der Waals surface area contributed by atoms with Crippen LogP contribution >= 0.6 is 0 Å². The van der Waals surface area contributed by atoms with Crippen LogP contribution in [0.25, 0.3) is 0 Å². The van der Waals surface area contributed by atoms with Gasteiger partial charge in [-0.05, 0) is 43.7 Å². The summed E-state index contributed by atoms with van der Waals surface area (Å²) < 4.78 is 0. The van der Waals surface area contributed by atoms with Gasteiger partial charge in [-0.3, -0.25) is 0 Å². The Labute approximate surface area is 117 Å². The fourth-order valence-corrected chi connectivity index (χ4v) is 3.60. The van der Waals surface area contributed by atoms with Gasteiger partial charge in [-0.15, -0.1) is 0 Å². The van der Waals surface area contributed by atoms with Crippen LogP contribution in [0.3, 0.4) is 0 Å². The summed E-state index contributed by atoms with van der Waals surface area (Å²) in [5.74, 6) is 0.921. The van der Waals surface area contributed by atoms with Gasteiger partial charge >= 0.3 is 0 Å². The lowest BCUT2D eigenvalue weighted by Crippen LogP contribution is -2.50. The molecule has 1 aliphatic heterocycles. The summed E-state index contributed by atoms with van der Waals surface area (Å²) in [6, 6.07) is 9.67. The molecule has 0 amide bonds. The molecule has 0 radical (unpaired) electrons. The van der Waals surface area contributed by atoms with Crippen molar-refractivity contribution in [3.05, 3.63) is 29.8 Å². The molecular formula is C17H26N2. The second kappa shape index (κ2) is 5.54. The van der Waals surface area contributed by atoms with Crippen molar-refractivity contribution in [2.75, 3.05) is 11.4 Å². The fourth-order valence-electron chi connectivity index (χ4n) is 3.60. The van der Waals surface area contributed by atoms with E-state index in [4.69, 9.17) is 5.73 Å². The third-order valence-corrected chi connectivity index (χ3v) is 4.95. The third kappa shape index (κ3) is 2.64. The Balaban J connectivity index is 1.82. The van der Waals surface area contributed by atoms with E-state index >= 15 is 0 Å². The number of hydrogen-bond donors (Lipinski definition) is 1. The van der Waals surface area contributed by atoms with Gasteiger partial charge in [0.25, 0.3) is 0 Å². The zero-order valence-electron chi connectivity index (χ0n) is 12.0. The van der Waals surface area contributed by atoms with Crippen LogP contribution in [0.1, 0.15) is 44.6 Å². The summed E-state index contributed by atoms with van der Waals surface area (Å²) in [6.45, 7) is 3.36. The fraction of sp³-hybridized carbons (Fsp3) is 0.647. The molecule has 1 saturated carbocycles. The number of aryl methyl sites for hydroxylation is 1. The van der Waals surface area contributed by atoms with Gasteiger partial charge < -0.3 is 10.6 Å². The Morgan fingerprint density at radius 1 is 1.26 bits per heavy atom. The van der Waals surface area contributed by atoms with Gasteiger partial charge in [-0.1, -0.05) is 37.5 Å². The number of anilines is 1. The summed E-state index contributed by atoms with van der Waals surface area (Å²) in [5, 5.41) is 0. The zero-order valence-corrected chi connectivity index (χ0v) is 12.0. The number of nitrogens with two attached hydrogens (primary N) is 1. The lowest BCUT2D eigenvalue weighted by Gasteiger charge is -2.42. The highest BCUT2D eigenvalue weighted by molar-refractivity contribution is 5.56. The van der Waals surface area contributed by atoms with E-state index in [1.165, 1.54) is 56.3 Å². The van der Waals surface area contributed by atoms with Crippen molar-refractivity contribution in [3.8, 4) is 0 Å². The van der Waals surface area contributed by atoms with E-state index in [2.05, 4.69) is 36.1 Å². The number of para-hydroxylation sites is 1.